The standard InChI is InChI=1S/C10H23NO3S/c1-14-9-5-3-4-7-11-8-6-10-15(2,12)13/h11H,3-10H2,1-2H3. The van der Waals surface area contributed by atoms with Crippen LogP contribution in [0.25, 0.3) is 0 Å². The molecule has 0 aromatic heterocycles. The molecule has 0 aliphatic rings. The van der Waals surface area contributed by atoms with Crippen LogP contribution in [0, 0.1) is 0 Å². The first-order valence-corrected chi connectivity index (χ1v) is 7.49. The summed E-state index contributed by atoms with van der Waals surface area (Å²) in [6.45, 7) is 2.58. The van der Waals surface area contributed by atoms with E-state index < -0.39 is 9.84 Å². The van der Waals surface area contributed by atoms with Crippen LogP contribution in [0.3, 0.4) is 0 Å². The fourth-order valence-electron chi connectivity index (χ4n) is 1.26. The lowest BCUT2D eigenvalue weighted by Crippen LogP contribution is -2.19. The van der Waals surface area contributed by atoms with Crippen LogP contribution in [0.2, 0.25) is 0 Å². The number of hydrogen-bond acceptors (Lipinski definition) is 4. The predicted molar refractivity (Wildman–Crippen MR) is 62.9 cm³/mol. The molecule has 92 valence electrons. The maximum atomic E-state index is 10.8. The lowest BCUT2D eigenvalue weighted by molar-refractivity contribution is 0.192. The van der Waals surface area contributed by atoms with Gasteiger partial charge in [0.1, 0.15) is 9.84 Å². The molecule has 0 heterocycles. The summed E-state index contributed by atoms with van der Waals surface area (Å²) >= 11 is 0. The van der Waals surface area contributed by atoms with Gasteiger partial charge in [0.25, 0.3) is 0 Å². The van der Waals surface area contributed by atoms with Crippen molar-refractivity contribution < 1.29 is 13.2 Å². The van der Waals surface area contributed by atoms with Crippen LogP contribution >= 0.6 is 0 Å². The zero-order valence-electron chi connectivity index (χ0n) is 9.79. The highest BCUT2D eigenvalue weighted by Gasteiger charge is 2.00. The molecule has 0 saturated carbocycles. The minimum atomic E-state index is -2.79. The van der Waals surface area contributed by atoms with Crippen molar-refractivity contribution in [2.45, 2.75) is 25.7 Å². The Morgan fingerprint density at radius 1 is 1.07 bits per heavy atom. The van der Waals surface area contributed by atoms with Gasteiger partial charge in [-0.2, -0.15) is 0 Å². The number of nitrogens with one attached hydrogen (secondary N) is 1. The van der Waals surface area contributed by atoms with Crippen LogP contribution in [0.4, 0.5) is 0 Å². The van der Waals surface area contributed by atoms with Gasteiger partial charge >= 0.3 is 0 Å². The average molecular weight is 237 g/mol. The van der Waals surface area contributed by atoms with Crippen LogP contribution < -0.4 is 5.32 Å². The van der Waals surface area contributed by atoms with Crippen LogP contribution in [0.5, 0.6) is 0 Å². The van der Waals surface area contributed by atoms with Gasteiger partial charge in [0.2, 0.25) is 0 Å². The fraction of sp³-hybridized carbons (Fsp3) is 1.00. The van der Waals surface area contributed by atoms with E-state index in [4.69, 9.17) is 4.74 Å². The van der Waals surface area contributed by atoms with E-state index >= 15 is 0 Å². The molecular formula is C10H23NO3S. The third-order valence-corrected chi connectivity index (χ3v) is 3.10. The molecule has 0 spiro atoms. The molecule has 0 bridgehead atoms. The molecule has 0 aromatic carbocycles. The molecule has 0 aliphatic heterocycles. The van der Waals surface area contributed by atoms with Gasteiger partial charge in [0.15, 0.2) is 0 Å². The molecular weight excluding hydrogens is 214 g/mol. The summed E-state index contributed by atoms with van der Waals surface area (Å²) in [5, 5.41) is 3.23. The van der Waals surface area contributed by atoms with E-state index in [-0.39, 0.29) is 5.75 Å². The van der Waals surface area contributed by atoms with Gasteiger partial charge in [-0.1, -0.05) is 0 Å². The molecule has 0 unspecified atom stereocenters. The predicted octanol–water partition coefficient (Wildman–Crippen LogP) is 0.827. The number of rotatable bonds is 10. The average Bonchev–Trinajstić information content (AvgIpc) is 2.14. The Balaban J connectivity index is 3.06. The summed E-state index contributed by atoms with van der Waals surface area (Å²) in [7, 11) is -1.07. The molecule has 0 aromatic rings. The molecule has 0 saturated heterocycles. The summed E-state index contributed by atoms with van der Waals surface area (Å²) in [5.74, 6) is 0.281. The molecule has 5 heteroatoms. The van der Waals surface area contributed by atoms with Crippen LogP contribution in [-0.4, -0.2) is 47.2 Å². The molecule has 0 amide bonds. The third-order valence-electron chi connectivity index (χ3n) is 2.07. The Labute approximate surface area is 93.3 Å². The summed E-state index contributed by atoms with van der Waals surface area (Å²) < 4.78 is 26.5. The van der Waals surface area contributed by atoms with Crippen LogP contribution in [0.1, 0.15) is 25.7 Å². The fourth-order valence-corrected chi connectivity index (χ4v) is 1.93. The molecule has 0 aliphatic carbocycles. The molecule has 0 radical (unpaired) electrons. The van der Waals surface area contributed by atoms with E-state index in [2.05, 4.69) is 5.32 Å². The van der Waals surface area contributed by atoms with Gasteiger partial charge in [-0.15, -0.1) is 0 Å². The maximum absolute atomic E-state index is 10.8. The Morgan fingerprint density at radius 3 is 2.33 bits per heavy atom. The molecule has 1 N–H and O–H groups in total. The Morgan fingerprint density at radius 2 is 1.73 bits per heavy atom. The van der Waals surface area contributed by atoms with Gasteiger partial charge in [0.05, 0.1) is 5.75 Å². The van der Waals surface area contributed by atoms with E-state index in [1.165, 1.54) is 6.26 Å². The molecule has 4 nitrogen and oxygen atoms in total. The second kappa shape index (κ2) is 9.12. The first kappa shape index (κ1) is 14.9. The Bertz CT molecular complexity index is 227. The lowest BCUT2D eigenvalue weighted by atomic mass is 10.2. The van der Waals surface area contributed by atoms with Crippen molar-refractivity contribution in [3.63, 3.8) is 0 Å². The second-order valence-corrected chi connectivity index (χ2v) is 6.05. The zero-order chi connectivity index (χ0) is 11.6. The number of hydrogen-bond donors (Lipinski definition) is 1. The van der Waals surface area contributed by atoms with E-state index in [0.717, 1.165) is 39.0 Å². The Kier molecular flexibility index (Phi) is 9.04. The van der Waals surface area contributed by atoms with Crippen molar-refractivity contribution in [1.82, 2.24) is 5.32 Å². The minimum absolute atomic E-state index is 0.281. The SMILES string of the molecule is COCCCCCNCCCS(C)(=O)=O. The normalized spacial score (nSPS) is 11.9. The van der Waals surface area contributed by atoms with Crippen molar-refractivity contribution in [3.8, 4) is 0 Å². The maximum Gasteiger partial charge on any atom is 0.147 e. The van der Waals surface area contributed by atoms with Crippen molar-refractivity contribution in [2.75, 3.05) is 38.8 Å². The molecule has 0 rings (SSSR count). The highest BCUT2D eigenvalue weighted by atomic mass is 32.2. The molecule has 15 heavy (non-hydrogen) atoms. The first-order valence-electron chi connectivity index (χ1n) is 5.43. The van der Waals surface area contributed by atoms with E-state index in [0.29, 0.717) is 6.42 Å². The summed E-state index contributed by atoms with van der Waals surface area (Å²) in [5.41, 5.74) is 0. The van der Waals surface area contributed by atoms with Crippen molar-refractivity contribution >= 4 is 9.84 Å². The van der Waals surface area contributed by atoms with Crippen molar-refractivity contribution in [3.05, 3.63) is 0 Å². The summed E-state index contributed by atoms with van der Waals surface area (Å²) in [6.07, 6.45) is 5.37. The number of methoxy groups -OCH3 is 1. The van der Waals surface area contributed by atoms with Crippen molar-refractivity contribution in [2.24, 2.45) is 0 Å². The highest BCUT2D eigenvalue weighted by Crippen LogP contribution is 1.94. The Hall–Kier alpha value is -0.130. The minimum Gasteiger partial charge on any atom is -0.385 e. The van der Waals surface area contributed by atoms with Gasteiger partial charge < -0.3 is 10.1 Å². The second-order valence-electron chi connectivity index (χ2n) is 3.79. The lowest BCUT2D eigenvalue weighted by Gasteiger charge is -2.03. The van der Waals surface area contributed by atoms with Crippen molar-refractivity contribution in [1.29, 1.82) is 0 Å². The van der Waals surface area contributed by atoms with Gasteiger partial charge in [0, 0.05) is 20.0 Å². The number of unbranched alkanes of at least 4 members (excludes halogenated alkanes) is 2. The topological polar surface area (TPSA) is 55.4 Å². The third kappa shape index (κ3) is 13.9. The van der Waals surface area contributed by atoms with Gasteiger partial charge in [-0.3, -0.25) is 0 Å². The van der Waals surface area contributed by atoms with E-state index in [1.54, 1.807) is 7.11 Å². The smallest absolute Gasteiger partial charge is 0.147 e. The van der Waals surface area contributed by atoms with Crippen LogP contribution in [0.15, 0.2) is 0 Å². The number of ether oxygens (including phenoxy) is 1. The van der Waals surface area contributed by atoms with Gasteiger partial charge in [-0.25, -0.2) is 8.42 Å². The zero-order valence-corrected chi connectivity index (χ0v) is 10.6. The van der Waals surface area contributed by atoms with Gasteiger partial charge in [-0.05, 0) is 38.8 Å². The largest absolute Gasteiger partial charge is 0.385 e. The van der Waals surface area contributed by atoms with Crippen LogP contribution in [-0.2, 0) is 14.6 Å². The number of sulfone groups is 1. The summed E-state index contributed by atoms with van der Waals surface area (Å²) in [6, 6.07) is 0. The molecule has 0 fully saturated rings. The van der Waals surface area contributed by atoms with E-state index in [9.17, 15) is 8.42 Å². The first-order chi connectivity index (χ1) is 7.06. The summed E-state index contributed by atoms with van der Waals surface area (Å²) in [4.78, 5) is 0. The molecule has 0 atom stereocenters. The van der Waals surface area contributed by atoms with E-state index in [1.807, 2.05) is 0 Å². The quantitative estimate of drug-likeness (QED) is 0.572. The monoisotopic (exact) mass is 237 g/mol. The highest BCUT2D eigenvalue weighted by molar-refractivity contribution is 7.90.